The highest BCUT2D eigenvalue weighted by Crippen LogP contribution is 2.65. The molecular weight excluding hydrogens is 831 g/mol. The van der Waals surface area contributed by atoms with E-state index in [2.05, 4.69) is 255 Å². The van der Waals surface area contributed by atoms with Crippen molar-refractivity contribution < 1.29 is 0 Å². The summed E-state index contributed by atoms with van der Waals surface area (Å²) in [7, 11) is 0. The van der Waals surface area contributed by atoms with Crippen molar-refractivity contribution in [1.82, 2.24) is 0 Å². The van der Waals surface area contributed by atoms with E-state index in [0.29, 0.717) is 0 Å². The van der Waals surface area contributed by atoms with Gasteiger partial charge in [-0.3, -0.25) is 0 Å². The van der Waals surface area contributed by atoms with Crippen molar-refractivity contribution in [3.63, 3.8) is 0 Å². The van der Waals surface area contributed by atoms with Gasteiger partial charge in [0.15, 0.2) is 0 Å². The van der Waals surface area contributed by atoms with Crippen molar-refractivity contribution in [2.24, 2.45) is 0 Å². The second kappa shape index (κ2) is 14.0. The number of hydrogen-bond acceptors (Lipinski definition) is 1. The molecule has 0 aromatic heterocycles. The molecule has 0 N–H and O–H groups in total. The van der Waals surface area contributed by atoms with E-state index in [1.54, 1.807) is 0 Å². The molecule has 0 saturated heterocycles. The fraction of sp³-hybridized carbons (Fsp3) is 0.0588. The van der Waals surface area contributed by atoms with E-state index in [0.717, 1.165) is 5.69 Å². The van der Waals surface area contributed by atoms with Crippen molar-refractivity contribution in [2.45, 2.75) is 24.7 Å². The molecule has 0 atom stereocenters. The van der Waals surface area contributed by atoms with Crippen LogP contribution in [0.4, 0.5) is 17.1 Å². The van der Waals surface area contributed by atoms with Crippen molar-refractivity contribution in [3.05, 3.63) is 270 Å². The number of benzene rings is 11. The van der Waals surface area contributed by atoms with E-state index < -0.39 is 5.41 Å². The SMILES string of the molecule is CC1(C)c2ccccc2-c2cccc(N(c3ccc(-c4cccc(-c5ccc6c7c(cccc57)-c5ccccc5-6)c4)cc3)c3cccc4c3-c3ccccc3C43c4ccccc4-c4ccccc43)c21. The van der Waals surface area contributed by atoms with Crippen LogP contribution in [0.2, 0.25) is 0 Å². The molecule has 4 aliphatic carbocycles. The largest absolute Gasteiger partial charge is 0.310 e. The molecule has 11 aromatic rings. The van der Waals surface area contributed by atoms with Gasteiger partial charge < -0.3 is 4.90 Å². The first-order valence-corrected chi connectivity index (χ1v) is 24.3. The molecule has 1 nitrogen and oxygen atoms in total. The van der Waals surface area contributed by atoms with Crippen molar-refractivity contribution in [1.29, 1.82) is 0 Å². The van der Waals surface area contributed by atoms with Crippen molar-refractivity contribution >= 4 is 27.8 Å². The van der Waals surface area contributed by atoms with Crippen molar-refractivity contribution in [2.75, 3.05) is 4.90 Å². The van der Waals surface area contributed by atoms with Crippen LogP contribution in [0.15, 0.2) is 237 Å². The molecule has 0 radical (unpaired) electrons. The summed E-state index contributed by atoms with van der Waals surface area (Å²) in [4.78, 5) is 2.58. The zero-order valence-corrected chi connectivity index (χ0v) is 38.5. The van der Waals surface area contributed by atoms with Crippen molar-refractivity contribution in [3.8, 4) is 77.9 Å². The van der Waals surface area contributed by atoms with E-state index >= 15 is 0 Å². The summed E-state index contributed by atoms with van der Waals surface area (Å²) >= 11 is 0. The van der Waals surface area contributed by atoms with Crippen LogP contribution in [0.5, 0.6) is 0 Å². The molecule has 0 fully saturated rings. The van der Waals surface area contributed by atoms with Gasteiger partial charge in [0.25, 0.3) is 0 Å². The van der Waals surface area contributed by atoms with Crippen LogP contribution in [-0.4, -0.2) is 0 Å². The van der Waals surface area contributed by atoms with E-state index in [-0.39, 0.29) is 5.41 Å². The van der Waals surface area contributed by atoms with E-state index in [1.807, 2.05) is 0 Å². The number of anilines is 3. The zero-order chi connectivity index (χ0) is 45.6. The highest BCUT2D eigenvalue weighted by atomic mass is 15.1. The summed E-state index contributed by atoms with van der Waals surface area (Å²) in [5, 5.41) is 2.65. The Balaban J connectivity index is 0.921. The quantitative estimate of drug-likeness (QED) is 0.167. The molecule has 0 bridgehead atoms. The highest BCUT2D eigenvalue weighted by molar-refractivity contribution is 6.18. The van der Waals surface area contributed by atoms with Gasteiger partial charge in [0.2, 0.25) is 0 Å². The summed E-state index contributed by atoms with van der Waals surface area (Å²) in [5.74, 6) is 0. The van der Waals surface area contributed by atoms with Gasteiger partial charge in [0.05, 0.1) is 16.8 Å². The number of rotatable bonds is 5. The average molecular weight is 876 g/mol. The third-order valence-corrected chi connectivity index (χ3v) is 16.2. The number of hydrogen-bond donors (Lipinski definition) is 0. The Bertz CT molecular complexity index is 3920. The summed E-state index contributed by atoms with van der Waals surface area (Å²) in [6.45, 7) is 4.81. The van der Waals surface area contributed by atoms with E-state index in [4.69, 9.17) is 0 Å². The minimum atomic E-state index is -0.446. The number of nitrogens with zero attached hydrogens (tertiary/aromatic N) is 1. The van der Waals surface area contributed by atoms with E-state index in [9.17, 15) is 0 Å². The van der Waals surface area contributed by atoms with Gasteiger partial charge in [-0.2, -0.15) is 0 Å². The molecule has 1 spiro atoms. The summed E-state index contributed by atoms with van der Waals surface area (Å²) < 4.78 is 0. The van der Waals surface area contributed by atoms with Gasteiger partial charge in [0.1, 0.15) is 0 Å². The molecule has 1 heteroatoms. The highest BCUT2D eigenvalue weighted by Gasteiger charge is 2.52. The Morgan fingerprint density at radius 2 is 0.783 bits per heavy atom. The Hall–Kier alpha value is -8.52. The predicted molar refractivity (Wildman–Crippen MR) is 288 cm³/mol. The fourth-order valence-corrected chi connectivity index (χ4v) is 13.5. The molecule has 0 saturated carbocycles. The molecule has 69 heavy (non-hydrogen) atoms. The normalized spacial score (nSPS) is 14.2. The lowest BCUT2D eigenvalue weighted by Gasteiger charge is -2.34. The van der Waals surface area contributed by atoms with Crippen LogP contribution in [0.3, 0.4) is 0 Å². The van der Waals surface area contributed by atoms with Crippen LogP contribution in [-0.2, 0) is 10.8 Å². The maximum absolute atomic E-state index is 2.58. The Morgan fingerprint density at radius 3 is 1.49 bits per heavy atom. The zero-order valence-electron chi connectivity index (χ0n) is 38.5. The van der Waals surface area contributed by atoms with Crippen LogP contribution < -0.4 is 4.90 Å². The van der Waals surface area contributed by atoms with E-state index in [1.165, 1.54) is 133 Å². The maximum Gasteiger partial charge on any atom is 0.0726 e. The lowest BCUT2D eigenvalue weighted by molar-refractivity contribution is 0.661. The summed E-state index contributed by atoms with van der Waals surface area (Å²) in [6.07, 6.45) is 0. The molecule has 0 amide bonds. The second-order valence-corrected chi connectivity index (χ2v) is 19.9. The molecular formula is C68H45N. The Labute approximate surface area is 403 Å². The third kappa shape index (κ3) is 5.04. The average Bonchev–Trinajstić information content (AvgIpc) is 4.08. The first kappa shape index (κ1) is 38.6. The van der Waals surface area contributed by atoms with Gasteiger partial charge in [0, 0.05) is 16.7 Å². The standard InChI is InChI=1S/C68H45N/c1-67(2)57-28-9-5-23-51(57)55-27-15-34-63(66(55)67)69(62-33-16-32-61-65(62)56-24-8-12-31-60(56)68(61)58-29-10-6-21-49(58)50-22-7-11-30-59(50)68)45-37-35-42(36-38-45)43-17-13-18-44(41-43)46-39-40-54-48-20-4-3-19-47(48)53-26-14-25-52(46)64(53)54/h3-41H,1-2H3. The van der Waals surface area contributed by atoms with Crippen LogP contribution in [0.1, 0.15) is 47.2 Å². The molecule has 0 aliphatic heterocycles. The Kier molecular flexibility index (Phi) is 7.83. The molecule has 4 aliphatic rings. The fourth-order valence-electron chi connectivity index (χ4n) is 13.5. The molecule has 322 valence electrons. The lowest BCUT2D eigenvalue weighted by Crippen LogP contribution is -2.26. The first-order valence-electron chi connectivity index (χ1n) is 24.3. The van der Waals surface area contributed by atoms with Gasteiger partial charge in [-0.15, -0.1) is 0 Å². The minimum Gasteiger partial charge on any atom is -0.310 e. The van der Waals surface area contributed by atoms with Gasteiger partial charge in [-0.1, -0.05) is 220 Å². The first-order chi connectivity index (χ1) is 34.0. The van der Waals surface area contributed by atoms with Gasteiger partial charge >= 0.3 is 0 Å². The van der Waals surface area contributed by atoms with Crippen LogP contribution in [0, 0.1) is 0 Å². The van der Waals surface area contributed by atoms with Gasteiger partial charge in [-0.25, -0.2) is 0 Å². The predicted octanol–water partition coefficient (Wildman–Crippen LogP) is 17.9. The smallest absolute Gasteiger partial charge is 0.0726 e. The van der Waals surface area contributed by atoms with Crippen LogP contribution >= 0.6 is 0 Å². The third-order valence-electron chi connectivity index (χ3n) is 16.2. The second-order valence-electron chi connectivity index (χ2n) is 19.9. The monoisotopic (exact) mass is 875 g/mol. The Morgan fingerprint density at radius 1 is 0.304 bits per heavy atom. The van der Waals surface area contributed by atoms with Crippen LogP contribution in [0.25, 0.3) is 88.7 Å². The summed E-state index contributed by atoms with van der Waals surface area (Å²) in [5.41, 5.74) is 29.0. The minimum absolute atomic E-state index is 0.229. The van der Waals surface area contributed by atoms with Gasteiger partial charge in [-0.05, 0) is 147 Å². The summed E-state index contributed by atoms with van der Waals surface area (Å²) in [6, 6.07) is 89.2. The maximum atomic E-state index is 2.58. The molecule has 0 heterocycles. The molecule has 15 rings (SSSR count). The lowest BCUT2D eigenvalue weighted by atomic mass is 9.70. The number of fused-ring (bicyclic) bond motifs is 16. The topological polar surface area (TPSA) is 3.24 Å². The molecule has 11 aromatic carbocycles. The molecule has 0 unspecified atom stereocenters.